The Morgan fingerprint density at radius 1 is 1.11 bits per heavy atom. The van der Waals surface area contributed by atoms with Gasteiger partial charge >= 0.3 is 0 Å². The first-order valence-corrected chi connectivity index (χ1v) is 9.62. The molecule has 0 bridgehead atoms. The van der Waals surface area contributed by atoms with Crippen LogP contribution < -0.4 is 4.74 Å². The number of hydrogen-bond acceptors (Lipinski definition) is 5. The summed E-state index contributed by atoms with van der Waals surface area (Å²) in [6, 6.07) is 14.4. The average Bonchev–Trinajstić information content (AvgIpc) is 3.10. The van der Waals surface area contributed by atoms with Crippen molar-refractivity contribution in [3.63, 3.8) is 0 Å². The molecule has 0 aliphatic rings. The lowest BCUT2D eigenvalue weighted by molar-refractivity contribution is 0.305. The Bertz CT molecular complexity index is 895. The average molecular weight is 386 g/mol. The SMILES string of the molecule is COc1ccccc1CSc1nnc([C@@H](C)N(C)C)n1-c1ccc(F)cc1. The summed E-state index contributed by atoms with van der Waals surface area (Å²) in [4.78, 5) is 2.07. The van der Waals surface area contributed by atoms with Crippen LogP contribution in [0.25, 0.3) is 5.69 Å². The van der Waals surface area contributed by atoms with Crippen molar-refractivity contribution in [3.8, 4) is 11.4 Å². The van der Waals surface area contributed by atoms with E-state index in [0.29, 0.717) is 5.75 Å². The number of benzene rings is 2. The van der Waals surface area contributed by atoms with Crippen LogP contribution in [0.4, 0.5) is 4.39 Å². The van der Waals surface area contributed by atoms with Gasteiger partial charge in [-0.1, -0.05) is 30.0 Å². The van der Waals surface area contributed by atoms with Crippen molar-refractivity contribution in [2.75, 3.05) is 21.2 Å². The number of aromatic nitrogens is 3. The van der Waals surface area contributed by atoms with Crippen molar-refractivity contribution in [3.05, 3.63) is 65.7 Å². The lowest BCUT2D eigenvalue weighted by atomic mass is 10.2. The minimum absolute atomic E-state index is 0.0585. The second-order valence-electron chi connectivity index (χ2n) is 6.39. The molecule has 1 heterocycles. The Morgan fingerprint density at radius 2 is 1.81 bits per heavy atom. The third kappa shape index (κ3) is 4.31. The summed E-state index contributed by atoms with van der Waals surface area (Å²) >= 11 is 1.58. The fourth-order valence-electron chi connectivity index (χ4n) is 2.67. The van der Waals surface area contributed by atoms with E-state index in [-0.39, 0.29) is 11.9 Å². The maximum absolute atomic E-state index is 13.4. The third-order valence-electron chi connectivity index (χ3n) is 4.44. The molecule has 3 aromatic rings. The Morgan fingerprint density at radius 3 is 2.48 bits per heavy atom. The molecular weight excluding hydrogens is 363 g/mol. The molecule has 0 N–H and O–H groups in total. The molecule has 3 rings (SSSR count). The molecule has 0 amide bonds. The van der Waals surface area contributed by atoms with Gasteiger partial charge in [-0.05, 0) is 51.4 Å². The maximum atomic E-state index is 13.4. The van der Waals surface area contributed by atoms with Crippen LogP contribution in [0.2, 0.25) is 0 Å². The number of rotatable bonds is 7. The number of methoxy groups -OCH3 is 1. The van der Waals surface area contributed by atoms with Gasteiger partial charge in [-0.25, -0.2) is 4.39 Å². The number of para-hydroxylation sites is 1. The van der Waals surface area contributed by atoms with Crippen LogP contribution >= 0.6 is 11.8 Å². The monoisotopic (exact) mass is 386 g/mol. The Hall–Kier alpha value is -2.38. The molecule has 0 saturated carbocycles. The van der Waals surface area contributed by atoms with E-state index in [2.05, 4.69) is 22.0 Å². The van der Waals surface area contributed by atoms with Crippen LogP contribution in [0.1, 0.15) is 24.4 Å². The smallest absolute Gasteiger partial charge is 0.196 e. The highest BCUT2D eigenvalue weighted by Crippen LogP contribution is 2.31. The summed E-state index contributed by atoms with van der Waals surface area (Å²) in [5.74, 6) is 2.09. The van der Waals surface area contributed by atoms with Gasteiger partial charge in [0.1, 0.15) is 11.6 Å². The van der Waals surface area contributed by atoms with Gasteiger partial charge in [0.25, 0.3) is 0 Å². The largest absolute Gasteiger partial charge is 0.496 e. The fraction of sp³-hybridized carbons (Fsp3) is 0.300. The molecule has 0 radical (unpaired) electrons. The Kier molecular flexibility index (Phi) is 6.13. The second-order valence-corrected chi connectivity index (χ2v) is 7.34. The number of ether oxygens (including phenoxy) is 1. The van der Waals surface area contributed by atoms with Crippen LogP contribution in [0.5, 0.6) is 5.75 Å². The molecule has 0 aliphatic heterocycles. The molecule has 27 heavy (non-hydrogen) atoms. The molecule has 0 saturated heterocycles. The van der Waals surface area contributed by atoms with Crippen LogP contribution in [-0.4, -0.2) is 40.9 Å². The van der Waals surface area contributed by atoms with Gasteiger partial charge in [0, 0.05) is 17.0 Å². The van der Waals surface area contributed by atoms with Crippen LogP contribution in [-0.2, 0) is 5.75 Å². The summed E-state index contributed by atoms with van der Waals surface area (Å²) in [5.41, 5.74) is 1.92. The lowest BCUT2D eigenvalue weighted by Crippen LogP contribution is -2.20. The summed E-state index contributed by atoms with van der Waals surface area (Å²) in [6.45, 7) is 2.07. The van der Waals surface area contributed by atoms with E-state index >= 15 is 0 Å². The minimum Gasteiger partial charge on any atom is -0.496 e. The van der Waals surface area contributed by atoms with E-state index < -0.39 is 0 Å². The fourth-order valence-corrected chi connectivity index (χ4v) is 3.62. The van der Waals surface area contributed by atoms with E-state index in [1.54, 1.807) is 31.0 Å². The van der Waals surface area contributed by atoms with Gasteiger partial charge in [0.2, 0.25) is 0 Å². The van der Waals surface area contributed by atoms with Gasteiger partial charge in [0.15, 0.2) is 11.0 Å². The van der Waals surface area contributed by atoms with E-state index in [4.69, 9.17) is 4.74 Å². The van der Waals surface area contributed by atoms with Crippen LogP contribution in [0.15, 0.2) is 53.7 Å². The Balaban J connectivity index is 1.96. The van der Waals surface area contributed by atoms with Crippen LogP contribution in [0, 0.1) is 5.82 Å². The van der Waals surface area contributed by atoms with Gasteiger partial charge < -0.3 is 4.74 Å². The maximum Gasteiger partial charge on any atom is 0.196 e. The van der Waals surface area contributed by atoms with E-state index in [0.717, 1.165) is 28.0 Å². The van der Waals surface area contributed by atoms with Gasteiger partial charge in [-0.3, -0.25) is 9.47 Å². The zero-order valence-electron chi connectivity index (χ0n) is 15.9. The summed E-state index contributed by atoms with van der Waals surface area (Å²) in [6.07, 6.45) is 0. The van der Waals surface area contributed by atoms with Crippen molar-refractivity contribution in [2.24, 2.45) is 0 Å². The lowest BCUT2D eigenvalue weighted by Gasteiger charge is -2.20. The van der Waals surface area contributed by atoms with Gasteiger partial charge in [-0.2, -0.15) is 0 Å². The molecule has 0 aliphatic carbocycles. The molecule has 0 unspecified atom stereocenters. The predicted octanol–water partition coefficient (Wildman–Crippen LogP) is 4.33. The molecule has 2 aromatic carbocycles. The molecule has 0 spiro atoms. The summed E-state index contributed by atoms with van der Waals surface area (Å²) in [7, 11) is 5.66. The second kappa shape index (κ2) is 8.54. The van der Waals surface area contributed by atoms with Crippen molar-refractivity contribution < 1.29 is 9.13 Å². The predicted molar refractivity (Wildman–Crippen MR) is 106 cm³/mol. The van der Waals surface area contributed by atoms with E-state index in [1.165, 1.54) is 12.1 Å². The molecule has 1 atom stereocenters. The molecule has 1 aromatic heterocycles. The molecule has 142 valence electrons. The zero-order chi connectivity index (χ0) is 19.4. The highest BCUT2D eigenvalue weighted by molar-refractivity contribution is 7.98. The van der Waals surface area contributed by atoms with Crippen molar-refractivity contribution in [1.82, 2.24) is 19.7 Å². The van der Waals surface area contributed by atoms with Crippen LogP contribution in [0.3, 0.4) is 0 Å². The third-order valence-corrected chi connectivity index (χ3v) is 5.42. The normalized spacial score (nSPS) is 12.4. The summed E-state index contributed by atoms with van der Waals surface area (Å²) < 4.78 is 20.8. The van der Waals surface area contributed by atoms with E-state index in [9.17, 15) is 4.39 Å². The molecule has 0 fully saturated rings. The zero-order valence-corrected chi connectivity index (χ0v) is 16.7. The highest BCUT2D eigenvalue weighted by atomic mass is 32.2. The Labute approximate surface area is 163 Å². The van der Waals surface area contributed by atoms with E-state index in [1.807, 2.05) is 42.9 Å². The van der Waals surface area contributed by atoms with Gasteiger partial charge in [-0.15, -0.1) is 10.2 Å². The summed E-state index contributed by atoms with van der Waals surface area (Å²) in [5, 5.41) is 9.58. The standard InChI is InChI=1S/C20H23FN4OS/c1-14(24(2)3)19-22-23-20(25(19)17-11-9-16(21)10-12-17)27-13-15-7-5-6-8-18(15)26-4/h5-12,14H,13H2,1-4H3/t14-/m1/s1. The first-order valence-electron chi connectivity index (χ1n) is 8.63. The number of hydrogen-bond donors (Lipinski definition) is 0. The molecule has 7 heteroatoms. The topological polar surface area (TPSA) is 43.2 Å². The first kappa shape index (κ1) is 19.4. The minimum atomic E-state index is -0.266. The van der Waals surface area contributed by atoms with Gasteiger partial charge in [0.05, 0.1) is 13.2 Å². The first-order chi connectivity index (χ1) is 13.0. The quantitative estimate of drug-likeness (QED) is 0.566. The molecule has 5 nitrogen and oxygen atoms in total. The van der Waals surface area contributed by atoms with Crippen molar-refractivity contribution in [2.45, 2.75) is 23.9 Å². The highest BCUT2D eigenvalue weighted by Gasteiger charge is 2.21. The van der Waals surface area contributed by atoms with Crippen molar-refractivity contribution >= 4 is 11.8 Å². The van der Waals surface area contributed by atoms with Crippen molar-refractivity contribution in [1.29, 1.82) is 0 Å². The number of thioether (sulfide) groups is 1. The number of halogens is 1. The molecular formula is C20H23FN4OS. The number of nitrogens with zero attached hydrogens (tertiary/aromatic N) is 4.